The summed E-state index contributed by atoms with van der Waals surface area (Å²) in [6, 6.07) is 0.324. The van der Waals surface area contributed by atoms with Gasteiger partial charge in [-0.1, -0.05) is 12.2 Å². The zero-order chi connectivity index (χ0) is 12.5. The Morgan fingerprint density at radius 1 is 1.65 bits per heavy atom. The first-order valence-corrected chi connectivity index (χ1v) is 7.14. The number of thioether (sulfide) groups is 1. The third-order valence-electron chi connectivity index (χ3n) is 2.35. The van der Waals surface area contributed by atoms with Crippen LogP contribution in [0.25, 0.3) is 0 Å². The van der Waals surface area contributed by atoms with Crippen molar-refractivity contribution in [3.63, 3.8) is 0 Å². The first kappa shape index (κ1) is 14.5. The molecule has 1 aliphatic heterocycles. The molecule has 0 radical (unpaired) electrons. The Morgan fingerprint density at radius 3 is 3.12 bits per heavy atom. The fraction of sp³-hybridized carbons (Fsp3) is 0.750. The van der Waals surface area contributed by atoms with E-state index in [1.165, 1.54) is 0 Å². The maximum Gasteiger partial charge on any atom is 0.221 e. The van der Waals surface area contributed by atoms with Crippen LogP contribution in [-0.2, 0) is 9.53 Å². The van der Waals surface area contributed by atoms with Crippen LogP contribution in [0.4, 0.5) is 0 Å². The molecule has 1 heterocycles. The van der Waals surface area contributed by atoms with Crippen LogP contribution < -0.4 is 10.6 Å². The van der Waals surface area contributed by atoms with Gasteiger partial charge in [0.2, 0.25) is 5.91 Å². The number of rotatable bonds is 7. The summed E-state index contributed by atoms with van der Waals surface area (Å²) < 4.78 is 5.30. The van der Waals surface area contributed by atoms with E-state index in [0.717, 1.165) is 23.6 Å². The first-order valence-electron chi connectivity index (χ1n) is 5.98. The molecule has 0 spiro atoms. The van der Waals surface area contributed by atoms with Crippen LogP contribution in [0.15, 0.2) is 12.2 Å². The van der Waals surface area contributed by atoms with Gasteiger partial charge >= 0.3 is 0 Å². The van der Waals surface area contributed by atoms with Gasteiger partial charge in [-0.2, -0.15) is 11.8 Å². The van der Waals surface area contributed by atoms with Gasteiger partial charge in [0.25, 0.3) is 0 Å². The Hall–Kier alpha value is -0.520. The second-order valence-corrected chi connectivity index (χ2v) is 5.44. The number of hydrogen-bond acceptors (Lipinski definition) is 4. The lowest BCUT2D eigenvalue weighted by atomic mass is 10.2. The monoisotopic (exact) mass is 258 g/mol. The van der Waals surface area contributed by atoms with Crippen molar-refractivity contribution in [2.45, 2.75) is 19.4 Å². The number of ether oxygens (including phenoxy) is 1. The van der Waals surface area contributed by atoms with Crippen LogP contribution in [-0.4, -0.2) is 49.8 Å². The molecule has 98 valence electrons. The number of carbonyl (C=O) groups is 1. The van der Waals surface area contributed by atoms with E-state index in [9.17, 15) is 4.79 Å². The summed E-state index contributed by atoms with van der Waals surface area (Å²) in [5.41, 5.74) is 1.000. The number of carbonyl (C=O) groups excluding carboxylic acids is 1. The topological polar surface area (TPSA) is 50.4 Å². The van der Waals surface area contributed by atoms with Crippen molar-refractivity contribution >= 4 is 17.7 Å². The maximum absolute atomic E-state index is 11.6. The van der Waals surface area contributed by atoms with E-state index in [1.807, 2.05) is 18.7 Å². The van der Waals surface area contributed by atoms with Crippen LogP contribution in [0.2, 0.25) is 0 Å². The van der Waals surface area contributed by atoms with Gasteiger partial charge in [-0.3, -0.25) is 4.79 Å². The van der Waals surface area contributed by atoms with Gasteiger partial charge < -0.3 is 15.4 Å². The minimum atomic E-state index is 0.101. The third-order valence-corrected chi connectivity index (χ3v) is 3.48. The standard InChI is InChI=1S/C12H22N2O2S/c1-10(2)8-16-5-3-14-12(15)7-11-9-17-6-4-13-11/h11,13H,1,3-9H2,2H3,(H,14,15). The Kier molecular flexibility index (Phi) is 7.32. The lowest BCUT2D eigenvalue weighted by Crippen LogP contribution is -2.41. The van der Waals surface area contributed by atoms with E-state index < -0.39 is 0 Å². The predicted molar refractivity (Wildman–Crippen MR) is 72.4 cm³/mol. The van der Waals surface area contributed by atoms with Gasteiger partial charge in [0.05, 0.1) is 13.2 Å². The van der Waals surface area contributed by atoms with Crippen LogP contribution in [0.3, 0.4) is 0 Å². The van der Waals surface area contributed by atoms with Gasteiger partial charge in [-0.05, 0) is 6.92 Å². The van der Waals surface area contributed by atoms with E-state index in [2.05, 4.69) is 17.2 Å². The van der Waals surface area contributed by atoms with E-state index >= 15 is 0 Å². The fourth-order valence-electron chi connectivity index (χ4n) is 1.56. The van der Waals surface area contributed by atoms with E-state index in [-0.39, 0.29) is 5.91 Å². The molecule has 1 rings (SSSR count). The smallest absolute Gasteiger partial charge is 0.221 e. The van der Waals surface area contributed by atoms with E-state index in [4.69, 9.17) is 4.74 Å². The van der Waals surface area contributed by atoms with Crippen LogP contribution >= 0.6 is 11.8 Å². The predicted octanol–water partition coefficient (Wildman–Crippen LogP) is 0.790. The normalized spacial score (nSPS) is 19.9. The summed E-state index contributed by atoms with van der Waals surface area (Å²) in [7, 11) is 0. The summed E-state index contributed by atoms with van der Waals surface area (Å²) in [6.07, 6.45) is 0.563. The van der Waals surface area contributed by atoms with Gasteiger partial charge in [-0.15, -0.1) is 0 Å². The van der Waals surface area contributed by atoms with Crippen molar-refractivity contribution < 1.29 is 9.53 Å². The van der Waals surface area contributed by atoms with Gasteiger partial charge in [0.1, 0.15) is 0 Å². The largest absolute Gasteiger partial charge is 0.375 e. The molecular weight excluding hydrogens is 236 g/mol. The highest BCUT2D eigenvalue weighted by Gasteiger charge is 2.16. The summed E-state index contributed by atoms with van der Waals surface area (Å²) in [5.74, 6) is 2.27. The average Bonchev–Trinajstić information content (AvgIpc) is 2.29. The minimum Gasteiger partial charge on any atom is -0.375 e. The summed E-state index contributed by atoms with van der Waals surface area (Å²) in [6.45, 7) is 8.36. The molecule has 1 saturated heterocycles. The van der Waals surface area contributed by atoms with Crippen LogP contribution in [0.1, 0.15) is 13.3 Å². The molecule has 0 aromatic heterocycles. The lowest BCUT2D eigenvalue weighted by Gasteiger charge is -2.22. The Morgan fingerprint density at radius 2 is 2.47 bits per heavy atom. The molecule has 5 heteroatoms. The molecule has 1 amide bonds. The molecule has 1 unspecified atom stereocenters. The Labute approximate surface area is 108 Å². The molecule has 0 aliphatic carbocycles. The van der Waals surface area contributed by atoms with Crippen molar-refractivity contribution in [3.05, 3.63) is 12.2 Å². The molecule has 4 nitrogen and oxygen atoms in total. The molecule has 0 aromatic carbocycles. The summed E-state index contributed by atoms with van der Waals surface area (Å²) in [4.78, 5) is 11.6. The lowest BCUT2D eigenvalue weighted by molar-refractivity contribution is -0.121. The fourth-order valence-corrected chi connectivity index (χ4v) is 2.50. The molecular formula is C12H22N2O2S. The zero-order valence-electron chi connectivity index (χ0n) is 10.5. The Bertz CT molecular complexity index is 253. The number of amides is 1. The van der Waals surface area contributed by atoms with Gasteiger partial charge in [0.15, 0.2) is 0 Å². The van der Waals surface area contributed by atoms with Crippen molar-refractivity contribution in [2.24, 2.45) is 0 Å². The van der Waals surface area contributed by atoms with Gasteiger partial charge in [-0.25, -0.2) is 0 Å². The quantitative estimate of drug-likeness (QED) is 0.524. The molecule has 0 bridgehead atoms. The van der Waals surface area contributed by atoms with Crippen molar-refractivity contribution in [1.82, 2.24) is 10.6 Å². The molecule has 1 fully saturated rings. The van der Waals surface area contributed by atoms with Crippen LogP contribution in [0.5, 0.6) is 0 Å². The van der Waals surface area contributed by atoms with Crippen molar-refractivity contribution in [3.8, 4) is 0 Å². The minimum absolute atomic E-state index is 0.101. The molecule has 17 heavy (non-hydrogen) atoms. The van der Waals surface area contributed by atoms with Gasteiger partial charge in [0, 0.05) is 37.1 Å². The van der Waals surface area contributed by atoms with E-state index in [0.29, 0.717) is 32.2 Å². The zero-order valence-corrected chi connectivity index (χ0v) is 11.3. The Balaban J connectivity index is 1.98. The first-order chi connectivity index (χ1) is 8.18. The third kappa shape index (κ3) is 7.41. The molecule has 2 N–H and O–H groups in total. The maximum atomic E-state index is 11.6. The number of hydrogen-bond donors (Lipinski definition) is 2. The average molecular weight is 258 g/mol. The SMILES string of the molecule is C=C(C)COCCNC(=O)CC1CSCCN1. The second-order valence-electron chi connectivity index (χ2n) is 4.29. The van der Waals surface area contributed by atoms with E-state index in [1.54, 1.807) is 0 Å². The highest BCUT2D eigenvalue weighted by Crippen LogP contribution is 2.09. The molecule has 0 aromatic rings. The van der Waals surface area contributed by atoms with Crippen molar-refractivity contribution in [1.29, 1.82) is 0 Å². The summed E-state index contributed by atoms with van der Waals surface area (Å²) >= 11 is 1.90. The second kappa shape index (κ2) is 8.55. The molecule has 0 saturated carbocycles. The van der Waals surface area contributed by atoms with Crippen molar-refractivity contribution in [2.75, 3.05) is 37.8 Å². The highest BCUT2D eigenvalue weighted by molar-refractivity contribution is 7.99. The van der Waals surface area contributed by atoms with Crippen LogP contribution in [0, 0.1) is 0 Å². The highest BCUT2D eigenvalue weighted by atomic mass is 32.2. The number of nitrogens with one attached hydrogen (secondary N) is 2. The molecule has 1 aliphatic rings. The summed E-state index contributed by atoms with van der Waals surface area (Å²) in [5, 5.41) is 6.20. The molecule has 1 atom stereocenters.